The molecule has 0 spiro atoms. The van der Waals surface area contributed by atoms with E-state index in [1.165, 1.54) is 47.0 Å². The van der Waals surface area contributed by atoms with Gasteiger partial charge in [-0.1, -0.05) is 67.4 Å². The lowest BCUT2D eigenvalue weighted by molar-refractivity contribution is -0.0436. The van der Waals surface area contributed by atoms with Crippen LogP contribution in [0.15, 0.2) is 117 Å². The van der Waals surface area contributed by atoms with Crippen molar-refractivity contribution in [1.82, 2.24) is 9.62 Å². The number of hydrogen-bond acceptors (Lipinski definition) is 10. The zero-order chi connectivity index (χ0) is 47.4. The number of allylic oxidation sites excluding steroid dienone is 1. The smallest absolute Gasteiger partial charge is 0.379 e. The molecule has 17 heteroatoms. The first-order valence-corrected chi connectivity index (χ1v) is 26.1. The van der Waals surface area contributed by atoms with Crippen LogP contribution in [0.5, 0.6) is 0 Å². The van der Waals surface area contributed by atoms with Gasteiger partial charge in [0.2, 0.25) is 0 Å². The SMILES string of the molecule is CC1(C)CCC(c2ccc(Cl)cc2)=C(CN)C1.CCN(CC)c1ccc(C(=O)NS(=O)(=O)c2ccc(C[C@H](CCN3CCOCC3)CSc3ccccc3)c(S(=O)(=O)C(F)(F)F)c2)cc1. The van der Waals surface area contributed by atoms with Crippen molar-refractivity contribution in [3.8, 4) is 0 Å². The molecule has 4 aromatic rings. The van der Waals surface area contributed by atoms with Crippen molar-refractivity contribution in [2.45, 2.75) is 80.0 Å². The maximum absolute atomic E-state index is 14.0. The van der Waals surface area contributed by atoms with Gasteiger partial charge in [0.15, 0.2) is 0 Å². The summed E-state index contributed by atoms with van der Waals surface area (Å²) in [7, 11) is -10.7. The first kappa shape index (κ1) is 52.1. The number of sulfonamides is 1. The van der Waals surface area contributed by atoms with Crippen LogP contribution in [0, 0.1) is 11.3 Å². The Morgan fingerprint density at radius 1 is 0.938 bits per heavy atom. The molecule has 1 fully saturated rings. The average molecular weight is 978 g/mol. The third-order valence-corrected chi connectivity index (χ3v) is 16.1. The van der Waals surface area contributed by atoms with Gasteiger partial charge in [0.1, 0.15) is 0 Å². The summed E-state index contributed by atoms with van der Waals surface area (Å²) in [5.41, 5.74) is 5.42. The molecule has 6 rings (SSSR count). The third-order valence-electron chi connectivity index (χ3n) is 11.7. The van der Waals surface area contributed by atoms with Crippen LogP contribution in [0.4, 0.5) is 18.9 Å². The highest BCUT2D eigenvalue weighted by Crippen LogP contribution is 2.42. The van der Waals surface area contributed by atoms with Crippen LogP contribution >= 0.6 is 23.4 Å². The molecule has 1 atom stereocenters. The predicted molar refractivity (Wildman–Crippen MR) is 256 cm³/mol. The largest absolute Gasteiger partial charge is 0.501 e. The van der Waals surface area contributed by atoms with Gasteiger partial charge in [0.25, 0.3) is 25.8 Å². The van der Waals surface area contributed by atoms with Gasteiger partial charge in [0, 0.05) is 59.6 Å². The first-order chi connectivity index (χ1) is 30.8. The lowest BCUT2D eigenvalue weighted by atomic mass is 9.73. The summed E-state index contributed by atoms with van der Waals surface area (Å²) in [5.74, 6) is -0.767. The summed E-state index contributed by atoms with van der Waals surface area (Å²) in [6.45, 7) is 13.9. The number of carbonyl (C=O) groups is 1. The van der Waals surface area contributed by atoms with Crippen LogP contribution in [-0.4, -0.2) is 91.4 Å². The number of alkyl halides is 3. The number of thioether (sulfide) groups is 1. The topological polar surface area (TPSA) is 139 Å². The number of nitrogens with zero attached hydrogens (tertiary/aromatic N) is 2. The second kappa shape index (κ2) is 23.2. The first-order valence-electron chi connectivity index (χ1n) is 21.8. The molecule has 1 heterocycles. The summed E-state index contributed by atoms with van der Waals surface area (Å²) in [6.07, 6.45) is 3.99. The minimum atomic E-state index is -5.95. The highest BCUT2D eigenvalue weighted by atomic mass is 35.5. The van der Waals surface area contributed by atoms with Gasteiger partial charge in [-0.3, -0.25) is 9.69 Å². The fraction of sp³-hybridized carbons (Fsp3) is 0.438. The van der Waals surface area contributed by atoms with E-state index in [0.29, 0.717) is 63.0 Å². The summed E-state index contributed by atoms with van der Waals surface area (Å²) in [5, 5.41) is 0.791. The Bertz CT molecular complexity index is 2440. The second-order valence-electron chi connectivity index (χ2n) is 16.9. The maximum atomic E-state index is 14.0. The molecule has 65 heavy (non-hydrogen) atoms. The predicted octanol–water partition coefficient (Wildman–Crippen LogP) is 9.88. The Morgan fingerprint density at radius 3 is 2.18 bits per heavy atom. The fourth-order valence-corrected chi connectivity index (χ4v) is 11.3. The number of ether oxygens (including phenoxy) is 1. The van der Waals surface area contributed by atoms with Gasteiger partial charge < -0.3 is 15.4 Å². The molecule has 0 radical (unpaired) electrons. The normalized spacial score (nSPS) is 16.3. The number of hydrogen-bond donors (Lipinski definition) is 2. The van der Waals surface area contributed by atoms with Crippen molar-refractivity contribution >= 4 is 60.4 Å². The number of nitrogens with two attached hydrogens (primary N) is 1. The van der Waals surface area contributed by atoms with E-state index in [4.69, 9.17) is 22.1 Å². The van der Waals surface area contributed by atoms with Crippen LogP contribution in [0.3, 0.4) is 0 Å². The van der Waals surface area contributed by atoms with Gasteiger partial charge in [-0.05, 0) is 141 Å². The molecule has 10 nitrogen and oxygen atoms in total. The van der Waals surface area contributed by atoms with Crippen molar-refractivity contribution in [3.63, 3.8) is 0 Å². The minimum Gasteiger partial charge on any atom is -0.379 e. The molecule has 1 saturated heterocycles. The maximum Gasteiger partial charge on any atom is 0.501 e. The lowest BCUT2D eigenvalue weighted by Gasteiger charge is -2.33. The molecule has 2 aliphatic rings. The number of benzene rings is 4. The molecule has 4 aromatic carbocycles. The van der Waals surface area contributed by atoms with Crippen molar-refractivity contribution < 1.29 is 39.5 Å². The molecule has 0 aromatic heterocycles. The fourth-order valence-electron chi connectivity index (χ4n) is 7.98. The zero-order valence-electron chi connectivity index (χ0n) is 37.4. The highest BCUT2D eigenvalue weighted by Gasteiger charge is 2.48. The number of sulfone groups is 1. The van der Waals surface area contributed by atoms with Crippen LogP contribution in [0.1, 0.15) is 74.9 Å². The van der Waals surface area contributed by atoms with E-state index in [1.807, 2.05) is 65.9 Å². The standard InChI is InChI=1S/C33H40F3N3O6S3.C15H20ClN/c1-3-39(4-2)28-13-10-26(11-14-28)32(40)37-48(43,44)30-15-12-27(31(23-30)47(41,42)33(34,35)36)22-25(16-17-38-18-20-45-21-19-38)24-46-29-8-6-5-7-9-29;1-15(2)8-7-14(12(9-15)10-17)11-3-5-13(16)6-4-11/h5-15,23,25H,3-4,16-22,24H2,1-2H3,(H,37,40);3-6H,7-10,17H2,1-2H3/t25-;/m0./s1. The Balaban J connectivity index is 0.000000388. The molecule has 0 saturated carbocycles. The number of halogens is 4. The molecule has 1 aliphatic heterocycles. The lowest BCUT2D eigenvalue weighted by Crippen LogP contribution is -2.37. The quantitative estimate of drug-likeness (QED) is 0.0984. The molecule has 0 unspecified atom stereocenters. The van der Waals surface area contributed by atoms with E-state index >= 15 is 0 Å². The van der Waals surface area contributed by atoms with Gasteiger partial charge in [0.05, 0.1) is 23.0 Å². The number of amides is 1. The van der Waals surface area contributed by atoms with Crippen molar-refractivity contribution in [2.24, 2.45) is 17.1 Å². The number of nitrogens with one attached hydrogen (secondary N) is 1. The Morgan fingerprint density at radius 2 is 1.58 bits per heavy atom. The summed E-state index contributed by atoms with van der Waals surface area (Å²) in [6, 6.07) is 26.4. The van der Waals surface area contributed by atoms with Gasteiger partial charge in [-0.2, -0.15) is 13.2 Å². The molecule has 1 amide bonds. The van der Waals surface area contributed by atoms with Gasteiger partial charge in [-0.15, -0.1) is 11.8 Å². The molecule has 3 N–H and O–H groups in total. The van der Waals surface area contributed by atoms with E-state index in [0.717, 1.165) is 53.7 Å². The van der Waals surface area contributed by atoms with E-state index in [9.17, 15) is 34.8 Å². The number of carbonyl (C=O) groups excluding carboxylic acids is 1. The average Bonchev–Trinajstić information content (AvgIpc) is 3.28. The van der Waals surface area contributed by atoms with E-state index in [1.54, 1.807) is 12.1 Å². The summed E-state index contributed by atoms with van der Waals surface area (Å²) in [4.78, 5) is 16.1. The summed E-state index contributed by atoms with van der Waals surface area (Å²) < 4.78 is 101. The van der Waals surface area contributed by atoms with Crippen LogP contribution in [0.25, 0.3) is 5.57 Å². The van der Waals surface area contributed by atoms with Gasteiger partial charge in [-0.25, -0.2) is 21.6 Å². The molecule has 0 bridgehead atoms. The van der Waals surface area contributed by atoms with Crippen molar-refractivity contribution in [2.75, 3.05) is 63.1 Å². The third kappa shape index (κ3) is 14.5. The zero-order valence-corrected chi connectivity index (χ0v) is 40.6. The van der Waals surface area contributed by atoms with E-state index in [2.05, 4.69) is 30.9 Å². The molecule has 1 aliphatic carbocycles. The number of rotatable bonds is 17. The summed E-state index contributed by atoms with van der Waals surface area (Å²) >= 11 is 7.43. The Hall–Kier alpha value is -3.90. The Kier molecular flexibility index (Phi) is 18.6. The second-order valence-corrected chi connectivity index (χ2v) is 22.1. The molecular weight excluding hydrogens is 917 g/mol. The van der Waals surface area contributed by atoms with Crippen LogP contribution < -0.4 is 15.4 Å². The van der Waals surface area contributed by atoms with Crippen molar-refractivity contribution in [1.29, 1.82) is 0 Å². The van der Waals surface area contributed by atoms with Crippen molar-refractivity contribution in [3.05, 3.63) is 124 Å². The van der Waals surface area contributed by atoms with Crippen LogP contribution in [-0.2, 0) is 31.0 Å². The van der Waals surface area contributed by atoms with Crippen LogP contribution in [0.2, 0.25) is 5.02 Å². The number of anilines is 1. The van der Waals surface area contributed by atoms with E-state index < -0.39 is 41.1 Å². The highest BCUT2D eigenvalue weighted by molar-refractivity contribution is 7.99. The monoisotopic (exact) mass is 976 g/mol. The Labute approximate surface area is 392 Å². The minimum absolute atomic E-state index is 0.00765. The molecule has 354 valence electrons. The molecular formula is C48H60ClF3N4O6S3. The number of morpholine rings is 1. The van der Waals surface area contributed by atoms with Gasteiger partial charge >= 0.3 is 5.51 Å². The van der Waals surface area contributed by atoms with E-state index in [-0.39, 0.29) is 23.5 Å².